The number of nitrogens with one attached hydrogen (secondary N) is 1. The molecule has 0 aliphatic rings. The zero-order chi connectivity index (χ0) is 25.1. The van der Waals surface area contributed by atoms with Gasteiger partial charge in [-0.2, -0.15) is 8.78 Å². The van der Waals surface area contributed by atoms with Crippen molar-refractivity contribution in [3.8, 4) is 0 Å². The molecule has 0 bridgehead atoms. The predicted octanol–water partition coefficient (Wildman–Crippen LogP) is 3.95. The topological polar surface area (TPSA) is 110 Å². The van der Waals surface area contributed by atoms with Crippen molar-refractivity contribution in [3.05, 3.63) is 33.8 Å². The van der Waals surface area contributed by atoms with E-state index in [1.165, 1.54) is 18.2 Å². The fraction of sp³-hybridized carbons (Fsp3) is 0.600. The molecule has 0 spiro atoms. The number of alkyl halides is 3. The molecule has 1 aromatic carbocycles. The number of benzene rings is 1. The van der Waals surface area contributed by atoms with Gasteiger partial charge in [0.05, 0.1) is 22.8 Å². The van der Waals surface area contributed by atoms with Gasteiger partial charge >= 0.3 is 17.4 Å². The van der Waals surface area contributed by atoms with Crippen LogP contribution < -0.4 is 5.32 Å². The Kier molecular flexibility index (Phi) is 9.57. The minimum Gasteiger partial charge on any atom is -0.465 e. The van der Waals surface area contributed by atoms with E-state index in [2.05, 4.69) is 5.32 Å². The molecule has 12 heteroatoms. The molecule has 3 atom stereocenters. The van der Waals surface area contributed by atoms with Crippen LogP contribution >= 0.6 is 34.8 Å². The first-order valence-corrected chi connectivity index (χ1v) is 10.6. The number of amides is 2. The van der Waals surface area contributed by atoms with E-state index in [4.69, 9.17) is 34.8 Å². The number of carbonyl (C=O) groups excluding carboxylic acids is 1. The Hall–Kier alpha value is -1.39. The first kappa shape index (κ1) is 28.6. The van der Waals surface area contributed by atoms with Crippen molar-refractivity contribution in [3.63, 3.8) is 0 Å². The van der Waals surface area contributed by atoms with Gasteiger partial charge in [-0.15, -0.1) is 0 Å². The summed E-state index contributed by atoms with van der Waals surface area (Å²) >= 11 is 17.1. The number of carbonyl (C=O) groups is 2. The van der Waals surface area contributed by atoms with Crippen molar-refractivity contribution in [1.82, 2.24) is 10.2 Å². The first-order valence-electron chi connectivity index (χ1n) is 9.52. The van der Waals surface area contributed by atoms with E-state index in [0.717, 1.165) is 7.05 Å². The van der Waals surface area contributed by atoms with Gasteiger partial charge in [0, 0.05) is 25.0 Å². The number of likely N-dealkylation sites (N-methyl/N-ethyl adjacent to an activating group) is 1. The van der Waals surface area contributed by atoms with Gasteiger partial charge in [0.25, 0.3) is 0 Å². The maximum Gasteiger partial charge on any atom is 0.404 e. The molecule has 0 saturated heterocycles. The Bertz CT molecular complexity index is 832. The summed E-state index contributed by atoms with van der Waals surface area (Å²) in [4.78, 5) is 24.5. The summed E-state index contributed by atoms with van der Waals surface area (Å²) in [7, 11) is 1.08. The molecule has 3 unspecified atom stereocenters. The molecule has 0 saturated carbocycles. The lowest BCUT2D eigenvalue weighted by molar-refractivity contribution is -0.147. The Morgan fingerprint density at radius 2 is 1.75 bits per heavy atom. The van der Waals surface area contributed by atoms with Crippen molar-refractivity contribution in [2.75, 3.05) is 20.2 Å². The monoisotopic (exact) mass is 518 g/mol. The maximum atomic E-state index is 13.6. The highest BCUT2D eigenvalue weighted by Gasteiger charge is 2.51. The van der Waals surface area contributed by atoms with Crippen LogP contribution in [0.4, 0.5) is 13.6 Å². The van der Waals surface area contributed by atoms with E-state index in [1.54, 1.807) is 20.8 Å². The predicted molar refractivity (Wildman–Crippen MR) is 119 cm³/mol. The molecule has 0 aliphatic carbocycles. The molecule has 0 aliphatic heterocycles. The van der Waals surface area contributed by atoms with E-state index in [0.29, 0.717) is 10.5 Å². The summed E-state index contributed by atoms with van der Waals surface area (Å²) in [6, 6.07) is 3.29. The Balaban J connectivity index is 3.89. The second kappa shape index (κ2) is 10.7. The molecule has 1 aromatic rings. The molecule has 0 aromatic heterocycles. The molecule has 32 heavy (non-hydrogen) atoms. The SMILES string of the molecule is CN(CC(CC(O)CO)(c1ccc(Cl)c(Cl)c1)C(NC(=O)O)C(C)(C)C)C(=O)C(F)(F)Cl. The molecule has 0 fully saturated rings. The van der Waals surface area contributed by atoms with Crippen LogP contribution in [0.2, 0.25) is 10.0 Å². The fourth-order valence-corrected chi connectivity index (χ4v) is 4.40. The highest BCUT2D eigenvalue weighted by Crippen LogP contribution is 2.43. The largest absolute Gasteiger partial charge is 0.465 e. The highest BCUT2D eigenvalue weighted by atomic mass is 35.5. The number of aliphatic hydroxyl groups excluding tert-OH is 2. The molecule has 2 amide bonds. The number of halogens is 5. The lowest BCUT2D eigenvalue weighted by Crippen LogP contribution is -2.62. The van der Waals surface area contributed by atoms with Gasteiger partial charge in [-0.1, -0.05) is 50.0 Å². The smallest absolute Gasteiger partial charge is 0.404 e. The minimum absolute atomic E-state index is 0.0895. The van der Waals surface area contributed by atoms with Gasteiger partial charge in [0.2, 0.25) is 0 Å². The number of rotatable bonds is 9. The lowest BCUT2D eigenvalue weighted by Gasteiger charge is -2.49. The van der Waals surface area contributed by atoms with Crippen molar-refractivity contribution in [2.24, 2.45) is 5.41 Å². The molecule has 0 heterocycles. The van der Waals surface area contributed by atoms with E-state index in [9.17, 15) is 33.7 Å². The summed E-state index contributed by atoms with van der Waals surface area (Å²) < 4.78 is 27.1. The minimum atomic E-state index is -4.20. The average Bonchev–Trinajstić information content (AvgIpc) is 2.65. The number of hydrogen-bond donors (Lipinski definition) is 4. The summed E-state index contributed by atoms with van der Waals surface area (Å²) in [5, 5.41) is 27.9. The van der Waals surface area contributed by atoms with Gasteiger partial charge in [-0.05, 0) is 41.1 Å². The Labute approximate surface area is 200 Å². The lowest BCUT2D eigenvalue weighted by atomic mass is 9.62. The standard InChI is InChI=1S/C20H27Cl3F2N2O5/c1-18(2,3)15(26-17(31)32)19(8-12(29)9-28,10-27(4)16(30)20(23,24)25)11-5-6-13(21)14(22)7-11/h5-7,12,15,26,28-29H,8-10H2,1-4H3,(H,31,32). The van der Waals surface area contributed by atoms with Crippen LogP contribution in [0, 0.1) is 5.41 Å². The zero-order valence-electron chi connectivity index (χ0n) is 18.0. The maximum absolute atomic E-state index is 13.6. The molecule has 4 N–H and O–H groups in total. The zero-order valence-corrected chi connectivity index (χ0v) is 20.3. The highest BCUT2D eigenvalue weighted by molar-refractivity contribution is 6.42. The van der Waals surface area contributed by atoms with Crippen molar-refractivity contribution >= 4 is 46.8 Å². The number of aliphatic hydroxyl groups is 2. The molecule has 1 rings (SSSR count). The molecule has 182 valence electrons. The van der Waals surface area contributed by atoms with Crippen LogP contribution in [0.5, 0.6) is 0 Å². The number of nitrogens with zero attached hydrogens (tertiary/aromatic N) is 1. The summed E-state index contributed by atoms with van der Waals surface area (Å²) in [6.45, 7) is 3.90. The van der Waals surface area contributed by atoms with Gasteiger partial charge in [-0.3, -0.25) is 4.79 Å². The van der Waals surface area contributed by atoms with Gasteiger partial charge in [0.15, 0.2) is 0 Å². The Morgan fingerprint density at radius 1 is 1.19 bits per heavy atom. The van der Waals surface area contributed by atoms with Crippen molar-refractivity contribution in [2.45, 2.75) is 50.1 Å². The van der Waals surface area contributed by atoms with Crippen LogP contribution in [-0.4, -0.2) is 69.9 Å². The summed E-state index contributed by atoms with van der Waals surface area (Å²) in [5.41, 5.74) is -2.07. The Morgan fingerprint density at radius 3 is 2.16 bits per heavy atom. The van der Waals surface area contributed by atoms with Crippen molar-refractivity contribution in [1.29, 1.82) is 0 Å². The molecular weight excluding hydrogens is 493 g/mol. The van der Waals surface area contributed by atoms with Gasteiger partial charge in [-0.25, -0.2) is 4.79 Å². The van der Waals surface area contributed by atoms with Crippen LogP contribution in [0.1, 0.15) is 32.8 Å². The quantitative estimate of drug-likeness (QED) is 0.369. The second-order valence-electron chi connectivity index (χ2n) is 8.73. The van der Waals surface area contributed by atoms with Crippen molar-refractivity contribution < 1.29 is 33.7 Å². The fourth-order valence-electron chi connectivity index (χ4n) is 3.96. The molecular formula is C20H27Cl3F2N2O5. The van der Waals surface area contributed by atoms with Gasteiger partial charge in [0.1, 0.15) is 0 Å². The van der Waals surface area contributed by atoms with E-state index >= 15 is 0 Å². The second-order valence-corrected chi connectivity index (χ2v) is 10.0. The van der Waals surface area contributed by atoms with Crippen LogP contribution in [0.3, 0.4) is 0 Å². The van der Waals surface area contributed by atoms with Crippen LogP contribution in [0.25, 0.3) is 0 Å². The van der Waals surface area contributed by atoms with Gasteiger partial charge < -0.3 is 25.5 Å². The van der Waals surface area contributed by atoms with Crippen LogP contribution in [0.15, 0.2) is 18.2 Å². The third kappa shape index (κ3) is 7.05. The first-order chi connectivity index (χ1) is 14.5. The van der Waals surface area contributed by atoms with E-state index < -0.39 is 53.5 Å². The van der Waals surface area contributed by atoms with E-state index in [-0.39, 0.29) is 16.5 Å². The number of carboxylic acid groups (broad SMARTS) is 1. The molecule has 0 radical (unpaired) electrons. The third-order valence-electron chi connectivity index (χ3n) is 5.10. The normalized spacial score (nSPS) is 16.1. The summed E-state index contributed by atoms with van der Waals surface area (Å²) in [5.74, 6) is -1.72. The van der Waals surface area contributed by atoms with E-state index in [1.807, 2.05) is 0 Å². The number of hydrogen-bond acceptors (Lipinski definition) is 4. The average molecular weight is 520 g/mol. The van der Waals surface area contributed by atoms with Crippen LogP contribution in [-0.2, 0) is 10.2 Å². The summed E-state index contributed by atoms with van der Waals surface area (Å²) in [6.07, 6.45) is -3.11. The third-order valence-corrected chi connectivity index (χ3v) is 6.00. The molecule has 7 nitrogen and oxygen atoms in total.